The summed E-state index contributed by atoms with van der Waals surface area (Å²) in [6, 6.07) is 0. The topological polar surface area (TPSA) is 66.8 Å². The fourth-order valence-electron chi connectivity index (χ4n) is 5.59. The molecule has 0 bridgehead atoms. The third kappa shape index (κ3) is 45.9. The minimum Gasteiger partial charge on any atom is -0.463 e. The van der Waals surface area contributed by atoms with Gasteiger partial charge in [-0.1, -0.05) is 200 Å². The molecule has 0 saturated carbocycles. The van der Waals surface area contributed by atoms with Gasteiger partial charge in [0.15, 0.2) is 0 Å². The Morgan fingerprint density at radius 1 is 0.465 bits per heavy atom. The zero-order valence-electron chi connectivity index (χ0n) is 29.8. The van der Waals surface area contributed by atoms with E-state index < -0.39 is 6.10 Å². The van der Waals surface area contributed by atoms with Crippen molar-refractivity contribution in [1.82, 2.24) is 0 Å². The predicted octanol–water partition coefficient (Wildman–Crippen LogP) is 12.4. The monoisotopic (exact) mass is 613 g/mol. The summed E-state index contributed by atoms with van der Waals surface area (Å²) in [6.07, 6.45) is 42.0. The van der Waals surface area contributed by atoms with E-state index in [4.69, 9.17) is 14.9 Å². The maximum atomic E-state index is 11.3. The third-order valence-corrected chi connectivity index (χ3v) is 8.48. The van der Waals surface area contributed by atoms with Crippen LogP contribution in [0.3, 0.4) is 0 Å². The molecule has 260 valence electrons. The van der Waals surface area contributed by atoms with Crippen LogP contribution < -0.4 is 0 Å². The van der Waals surface area contributed by atoms with E-state index in [0.717, 1.165) is 19.3 Å². The number of carbonyl (C=O) groups excluding carboxylic acids is 1. The van der Waals surface area contributed by atoms with Gasteiger partial charge in [-0.25, -0.2) is 0 Å². The molecular formula is C39H80O4. The number of unbranched alkanes of at least 4 members (excludes halogenated alkanes) is 29. The number of ether oxygens (including phenoxy) is 1. The smallest absolute Gasteiger partial charge is 0.305 e. The van der Waals surface area contributed by atoms with Crippen LogP contribution in [-0.2, 0) is 9.53 Å². The Bertz CT molecular complexity index is 478. The fraction of sp³-hybridized carbons (Fsp3) is 0.974. The summed E-state index contributed by atoms with van der Waals surface area (Å²) in [5.41, 5.74) is 0. The van der Waals surface area contributed by atoms with Crippen molar-refractivity contribution in [1.29, 1.82) is 0 Å². The molecule has 0 rings (SSSR count). The Morgan fingerprint density at radius 2 is 0.721 bits per heavy atom. The van der Waals surface area contributed by atoms with Crippen molar-refractivity contribution in [2.24, 2.45) is 0 Å². The van der Waals surface area contributed by atoms with E-state index in [1.54, 1.807) is 6.92 Å². The summed E-state index contributed by atoms with van der Waals surface area (Å²) in [7, 11) is 0. The van der Waals surface area contributed by atoms with Crippen molar-refractivity contribution in [3.05, 3.63) is 0 Å². The van der Waals surface area contributed by atoms with Crippen LogP contribution in [0.4, 0.5) is 0 Å². The second kappa shape index (κ2) is 41.4. The number of aliphatic hydroxyl groups excluding tert-OH is 2. The summed E-state index contributed by atoms with van der Waals surface area (Å²) in [5, 5.41) is 17.7. The van der Waals surface area contributed by atoms with Crippen LogP contribution >= 0.6 is 0 Å². The highest BCUT2D eigenvalue weighted by molar-refractivity contribution is 5.69. The van der Waals surface area contributed by atoms with Crippen LogP contribution in [0.2, 0.25) is 0 Å². The van der Waals surface area contributed by atoms with Gasteiger partial charge in [-0.3, -0.25) is 4.79 Å². The molecule has 0 aliphatic rings. The van der Waals surface area contributed by atoms with E-state index in [1.165, 1.54) is 180 Å². The number of carbonyl (C=O) groups is 1. The lowest BCUT2D eigenvalue weighted by atomic mass is 10.0. The maximum Gasteiger partial charge on any atom is 0.305 e. The van der Waals surface area contributed by atoms with E-state index in [9.17, 15) is 4.79 Å². The number of aliphatic hydroxyl groups is 2. The van der Waals surface area contributed by atoms with Crippen molar-refractivity contribution in [3.63, 3.8) is 0 Å². The molecule has 0 aromatic carbocycles. The van der Waals surface area contributed by atoms with E-state index in [1.807, 2.05) is 0 Å². The molecule has 4 nitrogen and oxygen atoms in total. The Labute approximate surface area is 270 Å². The molecular weight excluding hydrogens is 532 g/mol. The Hall–Kier alpha value is -0.610. The summed E-state index contributed by atoms with van der Waals surface area (Å²) >= 11 is 0. The molecule has 0 aromatic heterocycles. The largest absolute Gasteiger partial charge is 0.463 e. The van der Waals surface area contributed by atoms with Crippen LogP contribution in [0, 0.1) is 0 Å². The van der Waals surface area contributed by atoms with Crippen LogP contribution in [0.5, 0.6) is 0 Å². The standard InChI is InChI=1S/C21H42O3.C18H38O/c1-3-4-5-6-7-8-9-10-11-12-13-14-15-16-17-18-21(23)24-19-20(2)22;1-2-3-4-5-6-7-8-9-10-11-12-13-14-15-16-17-18-19/h20,22H,3-19H2,1-2H3;19H,2-18H2,1H3. The van der Waals surface area contributed by atoms with Gasteiger partial charge < -0.3 is 14.9 Å². The summed E-state index contributed by atoms with van der Waals surface area (Å²) in [6.45, 7) is 6.68. The van der Waals surface area contributed by atoms with Gasteiger partial charge in [0.25, 0.3) is 0 Å². The van der Waals surface area contributed by atoms with Gasteiger partial charge in [-0.15, -0.1) is 0 Å². The molecule has 0 saturated heterocycles. The lowest BCUT2D eigenvalue weighted by Gasteiger charge is -2.06. The molecule has 2 N–H and O–H groups in total. The Balaban J connectivity index is 0. The summed E-state index contributed by atoms with van der Waals surface area (Å²) < 4.78 is 4.93. The van der Waals surface area contributed by atoms with E-state index in [2.05, 4.69) is 13.8 Å². The second-order valence-electron chi connectivity index (χ2n) is 13.3. The van der Waals surface area contributed by atoms with Gasteiger partial charge in [-0.2, -0.15) is 0 Å². The van der Waals surface area contributed by atoms with Crippen molar-refractivity contribution in [2.75, 3.05) is 13.2 Å². The van der Waals surface area contributed by atoms with Gasteiger partial charge in [0.05, 0.1) is 6.10 Å². The predicted molar refractivity (Wildman–Crippen MR) is 189 cm³/mol. The Kier molecular flexibility index (Phi) is 42.8. The first-order valence-corrected chi connectivity index (χ1v) is 19.5. The first kappa shape index (κ1) is 44.5. The maximum absolute atomic E-state index is 11.3. The van der Waals surface area contributed by atoms with Crippen LogP contribution in [0.25, 0.3) is 0 Å². The van der Waals surface area contributed by atoms with Crippen molar-refractivity contribution in [3.8, 4) is 0 Å². The minimum absolute atomic E-state index is 0.123. The van der Waals surface area contributed by atoms with Gasteiger partial charge in [0.1, 0.15) is 6.61 Å². The average molecular weight is 613 g/mol. The van der Waals surface area contributed by atoms with Crippen LogP contribution in [-0.4, -0.2) is 35.5 Å². The molecule has 1 atom stereocenters. The van der Waals surface area contributed by atoms with Crippen molar-refractivity contribution >= 4 is 5.97 Å². The normalized spacial score (nSPS) is 11.7. The molecule has 1 unspecified atom stereocenters. The highest BCUT2D eigenvalue weighted by Gasteiger charge is 2.04. The molecule has 0 fully saturated rings. The average Bonchev–Trinajstić information content (AvgIpc) is 3.00. The van der Waals surface area contributed by atoms with Gasteiger partial charge in [0.2, 0.25) is 0 Å². The number of esters is 1. The van der Waals surface area contributed by atoms with E-state index in [-0.39, 0.29) is 12.6 Å². The van der Waals surface area contributed by atoms with Gasteiger partial charge in [-0.05, 0) is 19.8 Å². The van der Waals surface area contributed by atoms with Crippen molar-refractivity contribution < 1.29 is 19.7 Å². The number of hydrogen-bond acceptors (Lipinski definition) is 4. The number of hydrogen-bond donors (Lipinski definition) is 2. The van der Waals surface area contributed by atoms with Gasteiger partial charge >= 0.3 is 5.97 Å². The lowest BCUT2D eigenvalue weighted by molar-refractivity contribution is -0.146. The molecule has 0 aromatic rings. The molecule has 0 aliphatic heterocycles. The first-order valence-electron chi connectivity index (χ1n) is 19.5. The number of rotatable bonds is 34. The molecule has 43 heavy (non-hydrogen) atoms. The minimum atomic E-state index is -0.560. The lowest BCUT2D eigenvalue weighted by Crippen LogP contribution is -2.14. The SMILES string of the molecule is CCCCCCCCCCCCCCCCCC(=O)OCC(C)O.CCCCCCCCCCCCCCCCCCO. The molecule has 0 heterocycles. The highest BCUT2D eigenvalue weighted by atomic mass is 16.5. The van der Waals surface area contributed by atoms with E-state index in [0.29, 0.717) is 13.0 Å². The molecule has 0 aliphatic carbocycles. The fourth-order valence-corrected chi connectivity index (χ4v) is 5.59. The zero-order valence-corrected chi connectivity index (χ0v) is 29.8. The van der Waals surface area contributed by atoms with Gasteiger partial charge in [0, 0.05) is 13.0 Å². The van der Waals surface area contributed by atoms with Crippen molar-refractivity contribution in [2.45, 2.75) is 232 Å². The molecule has 0 radical (unpaired) electrons. The quantitative estimate of drug-likeness (QED) is 0.0560. The summed E-state index contributed by atoms with van der Waals surface area (Å²) in [4.78, 5) is 11.3. The summed E-state index contributed by atoms with van der Waals surface area (Å²) in [5.74, 6) is -0.175. The Morgan fingerprint density at radius 3 is 0.977 bits per heavy atom. The molecule has 0 spiro atoms. The van der Waals surface area contributed by atoms with E-state index >= 15 is 0 Å². The molecule has 0 amide bonds. The third-order valence-electron chi connectivity index (χ3n) is 8.48. The zero-order chi connectivity index (χ0) is 31.9. The van der Waals surface area contributed by atoms with Crippen LogP contribution in [0.1, 0.15) is 226 Å². The molecule has 4 heteroatoms. The van der Waals surface area contributed by atoms with Crippen LogP contribution in [0.15, 0.2) is 0 Å². The highest BCUT2D eigenvalue weighted by Crippen LogP contribution is 2.15. The first-order chi connectivity index (χ1) is 21.1. The second-order valence-corrected chi connectivity index (χ2v) is 13.3.